The third-order valence-corrected chi connectivity index (χ3v) is 6.17. The minimum Gasteiger partial charge on any atom is -0.497 e. The van der Waals surface area contributed by atoms with Crippen LogP contribution in [0.5, 0.6) is 5.75 Å². The molecule has 5 heteroatoms. The van der Waals surface area contributed by atoms with Crippen LogP contribution in [0.2, 0.25) is 0 Å². The maximum Gasteiger partial charge on any atom is 0.224 e. The molecule has 1 aliphatic rings. The summed E-state index contributed by atoms with van der Waals surface area (Å²) in [5.41, 5.74) is 3.23. The lowest BCUT2D eigenvalue weighted by Crippen LogP contribution is -2.41. The first-order valence-electron chi connectivity index (χ1n) is 11.3. The van der Waals surface area contributed by atoms with E-state index >= 15 is 0 Å². The third-order valence-electron chi connectivity index (χ3n) is 6.17. The van der Waals surface area contributed by atoms with Gasteiger partial charge >= 0.3 is 0 Å². The highest BCUT2D eigenvalue weighted by atomic mass is 16.5. The van der Waals surface area contributed by atoms with Crippen molar-refractivity contribution in [2.24, 2.45) is 5.92 Å². The Morgan fingerprint density at radius 1 is 1.03 bits per heavy atom. The minimum atomic E-state index is -0.0635. The molecular weight excluding hydrogens is 398 g/mol. The maximum absolute atomic E-state index is 12.8. The first-order chi connectivity index (χ1) is 15.7. The summed E-state index contributed by atoms with van der Waals surface area (Å²) in [5.74, 6) is 1.31. The van der Waals surface area contributed by atoms with E-state index in [1.807, 2.05) is 66.9 Å². The van der Waals surface area contributed by atoms with Gasteiger partial charge in [-0.3, -0.25) is 14.7 Å². The van der Waals surface area contributed by atoms with E-state index in [1.165, 1.54) is 5.56 Å². The number of benzene rings is 2. The molecule has 32 heavy (non-hydrogen) atoms. The van der Waals surface area contributed by atoms with Gasteiger partial charge in [0.2, 0.25) is 5.91 Å². The largest absolute Gasteiger partial charge is 0.497 e. The van der Waals surface area contributed by atoms with Crippen molar-refractivity contribution in [2.75, 3.05) is 20.2 Å². The number of methoxy groups -OCH3 is 1. The van der Waals surface area contributed by atoms with Gasteiger partial charge in [0, 0.05) is 12.7 Å². The highest BCUT2D eigenvalue weighted by molar-refractivity contribution is 5.79. The zero-order valence-electron chi connectivity index (χ0n) is 18.6. The topological polar surface area (TPSA) is 54.5 Å². The number of carbonyl (C=O) groups is 1. The monoisotopic (exact) mass is 429 g/mol. The minimum absolute atomic E-state index is 0.0469. The first-order valence-corrected chi connectivity index (χ1v) is 11.3. The molecule has 4 rings (SSSR count). The van der Waals surface area contributed by atoms with Crippen LogP contribution in [0.15, 0.2) is 79.0 Å². The lowest BCUT2D eigenvalue weighted by atomic mass is 9.87. The molecule has 0 unspecified atom stereocenters. The summed E-state index contributed by atoms with van der Waals surface area (Å²) in [6.45, 7) is 2.91. The Hall–Kier alpha value is -3.18. The lowest BCUT2D eigenvalue weighted by Gasteiger charge is -2.36. The van der Waals surface area contributed by atoms with Crippen molar-refractivity contribution in [2.45, 2.75) is 31.8 Å². The van der Waals surface area contributed by atoms with Crippen molar-refractivity contribution in [1.82, 2.24) is 15.2 Å². The van der Waals surface area contributed by atoms with E-state index in [2.05, 4.69) is 27.3 Å². The number of hydrogen-bond acceptors (Lipinski definition) is 4. The lowest BCUT2D eigenvalue weighted by molar-refractivity contribution is -0.121. The molecule has 3 aromatic rings. The fourth-order valence-electron chi connectivity index (χ4n) is 4.47. The predicted octanol–water partition coefficient (Wildman–Crippen LogP) is 4.40. The van der Waals surface area contributed by atoms with E-state index in [0.717, 1.165) is 49.5 Å². The van der Waals surface area contributed by atoms with Gasteiger partial charge in [-0.05, 0) is 67.2 Å². The van der Waals surface area contributed by atoms with Crippen molar-refractivity contribution in [3.8, 4) is 5.75 Å². The zero-order valence-corrected chi connectivity index (χ0v) is 18.6. The number of rotatable bonds is 8. The summed E-state index contributed by atoms with van der Waals surface area (Å²) in [7, 11) is 1.70. The van der Waals surface area contributed by atoms with Gasteiger partial charge < -0.3 is 10.1 Å². The SMILES string of the molecule is COc1cccc(CN2CCC([C@@H](NC(=O)Cc3ccccc3)c3ccccn3)CC2)c1. The summed E-state index contributed by atoms with van der Waals surface area (Å²) >= 11 is 0. The number of aromatic nitrogens is 1. The van der Waals surface area contributed by atoms with Gasteiger partial charge in [-0.15, -0.1) is 0 Å². The Morgan fingerprint density at radius 3 is 2.50 bits per heavy atom. The van der Waals surface area contributed by atoms with Gasteiger partial charge in [-0.2, -0.15) is 0 Å². The van der Waals surface area contributed by atoms with Crippen molar-refractivity contribution in [3.05, 3.63) is 95.8 Å². The number of pyridine rings is 1. The second-order valence-corrected chi connectivity index (χ2v) is 8.43. The standard InChI is InChI=1S/C27H31N3O2/c1-32-24-11-7-10-22(18-24)20-30-16-13-23(14-17-30)27(25-12-5-6-15-28-25)29-26(31)19-21-8-3-2-4-9-21/h2-12,15,18,23,27H,13-14,16-17,19-20H2,1H3,(H,29,31)/t27-/m1/s1. The molecule has 2 heterocycles. The Kier molecular flexibility index (Phi) is 7.51. The fraction of sp³-hybridized carbons (Fsp3) is 0.333. The van der Waals surface area contributed by atoms with E-state index in [1.54, 1.807) is 7.11 Å². The highest BCUT2D eigenvalue weighted by Crippen LogP contribution is 2.31. The molecule has 0 bridgehead atoms. The Labute approximate surface area is 190 Å². The number of ether oxygens (including phenoxy) is 1. The number of nitrogens with zero attached hydrogens (tertiary/aromatic N) is 2. The number of nitrogens with one attached hydrogen (secondary N) is 1. The van der Waals surface area contributed by atoms with Crippen molar-refractivity contribution >= 4 is 5.91 Å². The second kappa shape index (κ2) is 10.9. The number of amides is 1. The maximum atomic E-state index is 12.8. The zero-order chi connectivity index (χ0) is 22.2. The highest BCUT2D eigenvalue weighted by Gasteiger charge is 2.29. The first kappa shape index (κ1) is 22.0. The summed E-state index contributed by atoms with van der Waals surface area (Å²) < 4.78 is 5.36. The van der Waals surface area contributed by atoms with E-state index < -0.39 is 0 Å². The van der Waals surface area contributed by atoms with Crippen LogP contribution in [0, 0.1) is 5.92 Å². The normalized spacial score (nSPS) is 15.8. The number of carbonyl (C=O) groups excluding carboxylic acids is 1. The van der Waals surface area contributed by atoms with Crippen LogP contribution >= 0.6 is 0 Å². The van der Waals surface area contributed by atoms with Gasteiger partial charge in [0.1, 0.15) is 5.75 Å². The molecule has 1 atom stereocenters. The van der Waals surface area contributed by atoms with Crippen LogP contribution in [0.3, 0.4) is 0 Å². The van der Waals surface area contributed by atoms with E-state index in [-0.39, 0.29) is 11.9 Å². The van der Waals surface area contributed by atoms with Crippen LogP contribution in [-0.2, 0) is 17.8 Å². The summed E-state index contributed by atoms with van der Waals surface area (Å²) in [5, 5.41) is 3.29. The fourth-order valence-corrected chi connectivity index (χ4v) is 4.47. The Morgan fingerprint density at radius 2 is 1.78 bits per heavy atom. The van der Waals surface area contributed by atoms with Crippen LogP contribution in [0.25, 0.3) is 0 Å². The average Bonchev–Trinajstić information content (AvgIpc) is 2.84. The number of piperidine rings is 1. The van der Waals surface area contributed by atoms with Crippen molar-refractivity contribution < 1.29 is 9.53 Å². The molecule has 0 spiro atoms. The second-order valence-electron chi connectivity index (χ2n) is 8.43. The van der Waals surface area contributed by atoms with Crippen LogP contribution < -0.4 is 10.1 Å². The molecule has 2 aromatic carbocycles. The molecular formula is C27H31N3O2. The molecule has 0 radical (unpaired) electrons. The van der Waals surface area contributed by atoms with Crippen LogP contribution in [0.1, 0.15) is 35.7 Å². The predicted molar refractivity (Wildman–Crippen MR) is 126 cm³/mol. The summed E-state index contributed by atoms with van der Waals surface area (Å²) in [6, 6.07) is 24.0. The van der Waals surface area contributed by atoms with E-state index in [4.69, 9.17) is 4.74 Å². The molecule has 1 aliphatic heterocycles. The molecule has 1 amide bonds. The molecule has 166 valence electrons. The van der Waals surface area contributed by atoms with Gasteiger partial charge in [0.05, 0.1) is 25.3 Å². The van der Waals surface area contributed by atoms with E-state index in [0.29, 0.717) is 12.3 Å². The quantitative estimate of drug-likeness (QED) is 0.577. The average molecular weight is 430 g/mol. The third kappa shape index (κ3) is 5.95. The number of hydrogen-bond donors (Lipinski definition) is 1. The Bertz CT molecular complexity index is 986. The molecule has 0 saturated carbocycles. The molecule has 1 aromatic heterocycles. The van der Waals surface area contributed by atoms with Crippen LogP contribution in [0.4, 0.5) is 0 Å². The molecule has 0 aliphatic carbocycles. The van der Waals surface area contributed by atoms with Gasteiger partial charge in [-0.25, -0.2) is 0 Å². The van der Waals surface area contributed by atoms with Gasteiger partial charge in [-0.1, -0.05) is 48.5 Å². The van der Waals surface area contributed by atoms with Crippen LogP contribution in [-0.4, -0.2) is 36.0 Å². The Balaban J connectivity index is 1.39. The molecule has 1 saturated heterocycles. The van der Waals surface area contributed by atoms with Gasteiger partial charge in [0.15, 0.2) is 0 Å². The molecule has 5 nitrogen and oxygen atoms in total. The smallest absolute Gasteiger partial charge is 0.224 e. The number of likely N-dealkylation sites (tertiary alicyclic amines) is 1. The molecule has 1 fully saturated rings. The summed E-state index contributed by atoms with van der Waals surface area (Å²) in [4.78, 5) is 19.9. The summed E-state index contributed by atoms with van der Waals surface area (Å²) in [6.07, 6.45) is 4.25. The van der Waals surface area contributed by atoms with Gasteiger partial charge in [0.25, 0.3) is 0 Å². The van der Waals surface area contributed by atoms with Crippen molar-refractivity contribution in [1.29, 1.82) is 0 Å². The van der Waals surface area contributed by atoms with Crippen molar-refractivity contribution in [3.63, 3.8) is 0 Å². The molecule has 1 N–H and O–H groups in total. The van der Waals surface area contributed by atoms with E-state index in [9.17, 15) is 4.79 Å².